The van der Waals surface area contributed by atoms with Crippen LogP contribution in [-0.4, -0.2) is 58.1 Å². The van der Waals surface area contributed by atoms with Crippen molar-refractivity contribution in [1.29, 1.82) is 0 Å². The minimum Gasteiger partial charge on any atom is -0.497 e. The summed E-state index contributed by atoms with van der Waals surface area (Å²) in [6.07, 6.45) is 0.796. The Morgan fingerprint density at radius 3 is 2.30 bits per heavy atom. The van der Waals surface area contributed by atoms with Gasteiger partial charge in [-0.3, -0.25) is 0 Å². The molecule has 9 heteroatoms. The van der Waals surface area contributed by atoms with E-state index >= 15 is 0 Å². The van der Waals surface area contributed by atoms with E-state index in [4.69, 9.17) is 14.5 Å². The number of anilines is 1. The van der Waals surface area contributed by atoms with Crippen LogP contribution in [0.3, 0.4) is 0 Å². The quantitative estimate of drug-likeness (QED) is 0.504. The number of hydrogen-bond donors (Lipinski definition) is 0. The van der Waals surface area contributed by atoms with Gasteiger partial charge in [0.15, 0.2) is 5.13 Å². The van der Waals surface area contributed by atoms with Crippen LogP contribution in [-0.2, 0) is 16.4 Å². The monoisotopic (exact) mass is 487 g/mol. The van der Waals surface area contributed by atoms with E-state index in [9.17, 15) is 8.42 Å². The van der Waals surface area contributed by atoms with Crippen LogP contribution in [0, 0.1) is 13.8 Å². The van der Waals surface area contributed by atoms with Crippen molar-refractivity contribution in [2.24, 2.45) is 0 Å². The number of aromatic nitrogens is 1. The Morgan fingerprint density at radius 2 is 1.67 bits per heavy atom. The number of sulfonamides is 1. The number of piperazine rings is 1. The summed E-state index contributed by atoms with van der Waals surface area (Å²) in [5, 5.41) is 3.03. The van der Waals surface area contributed by atoms with E-state index < -0.39 is 10.0 Å². The number of nitrogens with zero attached hydrogens (tertiary/aromatic N) is 3. The highest BCUT2D eigenvalue weighted by Crippen LogP contribution is 2.32. The first-order chi connectivity index (χ1) is 15.8. The van der Waals surface area contributed by atoms with E-state index in [1.165, 1.54) is 35.2 Å². The Morgan fingerprint density at radius 1 is 0.970 bits per heavy atom. The molecule has 176 valence electrons. The van der Waals surface area contributed by atoms with Crippen LogP contribution in [0.25, 0.3) is 0 Å². The summed E-state index contributed by atoms with van der Waals surface area (Å²) >= 11 is 1.61. The second-order valence-electron chi connectivity index (χ2n) is 8.20. The third kappa shape index (κ3) is 5.15. The Hall–Kier alpha value is -2.62. The second kappa shape index (κ2) is 9.70. The number of thiazole rings is 1. The predicted octanol–water partition coefficient (Wildman–Crippen LogP) is 3.88. The van der Waals surface area contributed by atoms with Crippen molar-refractivity contribution < 1.29 is 17.9 Å². The molecular formula is C24H29N3O4S2. The molecule has 2 aromatic carbocycles. The largest absolute Gasteiger partial charge is 0.497 e. The lowest BCUT2D eigenvalue weighted by molar-refractivity contribution is 0.370. The average molecular weight is 488 g/mol. The molecule has 0 spiro atoms. The fourth-order valence-electron chi connectivity index (χ4n) is 4.15. The Kier molecular flexibility index (Phi) is 6.92. The van der Waals surface area contributed by atoms with Crippen LogP contribution in [0.15, 0.2) is 46.7 Å². The van der Waals surface area contributed by atoms with Gasteiger partial charge in [0.05, 0.1) is 19.9 Å². The summed E-state index contributed by atoms with van der Waals surface area (Å²) in [6.45, 7) is 6.19. The molecular weight excluding hydrogens is 458 g/mol. The maximum Gasteiger partial charge on any atom is 0.246 e. The molecule has 0 saturated carbocycles. The van der Waals surface area contributed by atoms with Gasteiger partial charge in [0, 0.05) is 44.0 Å². The van der Waals surface area contributed by atoms with Gasteiger partial charge >= 0.3 is 0 Å². The van der Waals surface area contributed by atoms with Crippen LogP contribution in [0.5, 0.6) is 11.5 Å². The van der Waals surface area contributed by atoms with E-state index in [2.05, 4.69) is 42.3 Å². The number of aryl methyl sites for hydroxylation is 2. The smallest absolute Gasteiger partial charge is 0.246 e. The molecule has 2 heterocycles. The van der Waals surface area contributed by atoms with E-state index in [-0.39, 0.29) is 10.6 Å². The molecule has 3 aromatic rings. The van der Waals surface area contributed by atoms with E-state index in [1.54, 1.807) is 29.5 Å². The van der Waals surface area contributed by atoms with Crippen molar-refractivity contribution in [2.45, 2.75) is 25.2 Å². The summed E-state index contributed by atoms with van der Waals surface area (Å²) in [5.41, 5.74) is 4.81. The third-order valence-corrected chi connectivity index (χ3v) is 8.59. The van der Waals surface area contributed by atoms with Crippen molar-refractivity contribution in [2.75, 3.05) is 45.3 Å². The average Bonchev–Trinajstić information content (AvgIpc) is 3.26. The molecule has 0 unspecified atom stereocenters. The minimum absolute atomic E-state index is 0.157. The number of rotatable bonds is 7. The van der Waals surface area contributed by atoms with Crippen LogP contribution < -0.4 is 14.4 Å². The molecule has 0 bridgehead atoms. The van der Waals surface area contributed by atoms with E-state index in [0.29, 0.717) is 31.9 Å². The zero-order valence-corrected chi connectivity index (χ0v) is 21.0. The highest BCUT2D eigenvalue weighted by Gasteiger charge is 2.31. The lowest BCUT2D eigenvalue weighted by Crippen LogP contribution is -2.48. The number of ether oxygens (including phenoxy) is 2. The van der Waals surface area contributed by atoms with Crippen LogP contribution in [0.2, 0.25) is 0 Å². The van der Waals surface area contributed by atoms with Gasteiger partial charge in [0.2, 0.25) is 10.0 Å². The molecule has 0 radical (unpaired) electrons. The topological polar surface area (TPSA) is 72.0 Å². The van der Waals surface area contributed by atoms with Crippen LogP contribution in [0.1, 0.15) is 22.4 Å². The number of methoxy groups -OCH3 is 2. The summed E-state index contributed by atoms with van der Waals surface area (Å²) in [6, 6.07) is 11.3. The Balaban J connectivity index is 1.43. The highest BCUT2D eigenvalue weighted by atomic mass is 32.2. The van der Waals surface area contributed by atoms with Crippen molar-refractivity contribution in [3.63, 3.8) is 0 Å². The normalized spacial score (nSPS) is 15.0. The Bertz CT molecular complexity index is 1210. The van der Waals surface area contributed by atoms with Crippen LogP contribution >= 0.6 is 11.3 Å². The molecule has 33 heavy (non-hydrogen) atoms. The Labute approximate surface area is 199 Å². The molecule has 1 fully saturated rings. The summed E-state index contributed by atoms with van der Waals surface area (Å²) in [5.74, 6) is 0.837. The maximum absolute atomic E-state index is 13.2. The predicted molar refractivity (Wildman–Crippen MR) is 131 cm³/mol. The van der Waals surface area contributed by atoms with Crippen molar-refractivity contribution in [3.8, 4) is 11.5 Å². The fourth-order valence-corrected chi connectivity index (χ4v) is 6.59. The van der Waals surface area contributed by atoms with Crippen molar-refractivity contribution in [3.05, 3.63) is 64.2 Å². The first-order valence-electron chi connectivity index (χ1n) is 10.8. The van der Waals surface area contributed by atoms with Gasteiger partial charge in [-0.2, -0.15) is 4.31 Å². The zero-order chi connectivity index (χ0) is 23.6. The number of benzene rings is 2. The maximum atomic E-state index is 13.2. The SMILES string of the molecule is COc1ccc(S(=O)(=O)N2CCN(c3nc(Cc4cc(C)cc(C)c4)cs3)CC2)c(OC)c1. The zero-order valence-electron chi connectivity index (χ0n) is 19.4. The van der Waals surface area contributed by atoms with Gasteiger partial charge in [-0.1, -0.05) is 29.3 Å². The third-order valence-electron chi connectivity index (χ3n) is 5.70. The summed E-state index contributed by atoms with van der Waals surface area (Å²) < 4.78 is 38.5. The lowest BCUT2D eigenvalue weighted by Gasteiger charge is -2.34. The molecule has 1 aliphatic heterocycles. The standard InChI is InChI=1S/C24H29N3O4S2/c1-17-11-18(2)13-19(12-17)14-20-16-32-24(25-20)26-7-9-27(10-8-26)33(28,29)23-6-5-21(30-3)15-22(23)31-4/h5-6,11-13,15-16H,7-10,14H2,1-4H3. The van der Waals surface area contributed by atoms with Crippen LogP contribution in [0.4, 0.5) is 5.13 Å². The molecule has 0 amide bonds. The summed E-state index contributed by atoms with van der Waals surface area (Å²) in [4.78, 5) is 7.14. The first-order valence-corrected chi connectivity index (χ1v) is 13.1. The lowest BCUT2D eigenvalue weighted by atomic mass is 10.0. The van der Waals surface area contributed by atoms with E-state index in [1.807, 2.05) is 0 Å². The van der Waals surface area contributed by atoms with Crippen molar-refractivity contribution in [1.82, 2.24) is 9.29 Å². The molecule has 7 nitrogen and oxygen atoms in total. The molecule has 1 aliphatic rings. The number of hydrogen-bond acceptors (Lipinski definition) is 7. The minimum atomic E-state index is -3.67. The highest BCUT2D eigenvalue weighted by molar-refractivity contribution is 7.89. The van der Waals surface area contributed by atoms with Gasteiger partial charge in [0.25, 0.3) is 0 Å². The second-order valence-corrected chi connectivity index (χ2v) is 10.9. The molecule has 0 N–H and O–H groups in total. The first kappa shape index (κ1) is 23.5. The molecule has 4 rings (SSSR count). The van der Waals surface area contributed by atoms with Gasteiger partial charge in [-0.25, -0.2) is 13.4 Å². The van der Waals surface area contributed by atoms with E-state index in [0.717, 1.165) is 17.2 Å². The molecule has 1 saturated heterocycles. The molecule has 0 atom stereocenters. The van der Waals surface area contributed by atoms with Crippen molar-refractivity contribution >= 4 is 26.5 Å². The van der Waals surface area contributed by atoms with Gasteiger partial charge in [-0.05, 0) is 31.5 Å². The van der Waals surface area contributed by atoms with Gasteiger partial charge in [0.1, 0.15) is 16.4 Å². The summed E-state index contributed by atoms with van der Waals surface area (Å²) in [7, 11) is -0.672. The molecule has 1 aromatic heterocycles. The van der Waals surface area contributed by atoms with Gasteiger partial charge in [-0.15, -0.1) is 11.3 Å². The fraction of sp³-hybridized carbons (Fsp3) is 0.375. The molecule has 0 aliphatic carbocycles. The van der Waals surface area contributed by atoms with Gasteiger partial charge < -0.3 is 14.4 Å².